The van der Waals surface area contributed by atoms with Gasteiger partial charge in [-0.25, -0.2) is 18.0 Å². The molecule has 0 saturated carbocycles. The van der Waals surface area contributed by atoms with Crippen LogP contribution in [0.1, 0.15) is 10.4 Å². The molecule has 18 heavy (non-hydrogen) atoms. The quantitative estimate of drug-likeness (QED) is 0.626. The van der Waals surface area contributed by atoms with Crippen LogP contribution in [0.4, 0.5) is 18.9 Å². The van der Waals surface area contributed by atoms with Gasteiger partial charge < -0.3 is 10.5 Å². The molecule has 0 bridgehead atoms. The number of anilines is 1. The number of fused-ring (bicyclic) bond motifs is 1. The third-order valence-electron chi connectivity index (χ3n) is 2.44. The molecule has 2 rings (SSSR count). The van der Waals surface area contributed by atoms with Crippen molar-refractivity contribution in [2.45, 2.75) is 0 Å². The molecule has 0 aliphatic heterocycles. The lowest BCUT2D eigenvalue weighted by atomic mass is 10.1. The van der Waals surface area contributed by atoms with Crippen LogP contribution in [-0.2, 0) is 4.74 Å². The number of hydrogen-bond acceptors (Lipinski definition) is 4. The third kappa shape index (κ3) is 1.64. The maximum Gasteiger partial charge on any atom is 0.341 e. The molecule has 0 aliphatic carbocycles. The van der Waals surface area contributed by atoms with Gasteiger partial charge in [0.2, 0.25) is 0 Å². The van der Waals surface area contributed by atoms with E-state index in [2.05, 4.69) is 9.72 Å². The maximum absolute atomic E-state index is 13.6. The van der Waals surface area contributed by atoms with Gasteiger partial charge in [0.15, 0.2) is 17.5 Å². The van der Waals surface area contributed by atoms with E-state index in [9.17, 15) is 18.0 Å². The van der Waals surface area contributed by atoms with E-state index >= 15 is 0 Å². The lowest BCUT2D eigenvalue weighted by molar-refractivity contribution is 0.0601. The predicted molar refractivity (Wildman–Crippen MR) is 57.4 cm³/mol. The Kier molecular flexibility index (Phi) is 2.82. The summed E-state index contributed by atoms with van der Waals surface area (Å²) >= 11 is 0. The number of methoxy groups -OCH3 is 1. The third-order valence-corrected chi connectivity index (χ3v) is 2.44. The number of halogens is 3. The Labute approximate surface area is 99.2 Å². The van der Waals surface area contributed by atoms with Gasteiger partial charge in [0, 0.05) is 12.3 Å². The summed E-state index contributed by atoms with van der Waals surface area (Å²) in [5.41, 5.74) is 4.80. The van der Waals surface area contributed by atoms with Crippen LogP contribution in [0.3, 0.4) is 0 Å². The van der Waals surface area contributed by atoms with Crippen molar-refractivity contribution in [2.24, 2.45) is 0 Å². The summed E-state index contributed by atoms with van der Waals surface area (Å²) in [5.74, 6) is -5.37. The molecule has 4 nitrogen and oxygen atoms in total. The van der Waals surface area contributed by atoms with Crippen LogP contribution >= 0.6 is 0 Å². The minimum Gasteiger partial charge on any atom is -0.465 e. The van der Waals surface area contributed by atoms with Crippen LogP contribution in [0, 0.1) is 17.5 Å². The second-order valence-electron chi connectivity index (χ2n) is 3.46. The van der Waals surface area contributed by atoms with Gasteiger partial charge in [-0.05, 0) is 0 Å². The van der Waals surface area contributed by atoms with Gasteiger partial charge in [-0.3, -0.25) is 4.98 Å². The van der Waals surface area contributed by atoms with Gasteiger partial charge in [-0.1, -0.05) is 0 Å². The first-order chi connectivity index (χ1) is 8.47. The summed E-state index contributed by atoms with van der Waals surface area (Å²) in [4.78, 5) is 15.0. The van der Waals surface area contributed by atoms with Crippen LogP contribution < -0.4 is 5.73 Å². The van der Waals surface area contributed by atoms with E-state index in [-0.39, 0.29) is 16.8 Å². The first kappa shape index (κ1) is 12.2. The number of benzene rings is 1. The molecule has 1 heterocycles. The van der Waals surface area contributed by atoms with Crippen molar-refractivity contribution in [3.05, 3.63) is 35.3 Å². The number of rotatable bonds is 1. The molecule has 0 spiro atoms. The highest BCUT2D eigenvalue weighted by Crippen LogP contribution is 2.28. The van der Waals surface area contributed by atoms with Gasteiger partial charge in [-0.2, -0.15) is 0 Å². The first-order valence-corrected chi connectivity index (χ1v) is 4.77. The summed E-state index contributed by atoms with van der Waals surface area (Å²) in [5, 5.41) is -0.447. The fourth-order valence-electron chi connectivity index (χ4n) is 1.55. The fraction of sp³-hybridized carbons (Fsp3) is 0.0909. The van der Waals surface area contributed by atoms with Crippen molar-refractivity contribution in [1.82, 2.24) is 4.98 Å². The van der Waals surface area contributed by atoms with Gasteiger partial charge in [0.25, 0.3) is 0 Å². The molecule has 0 atom stereocenters. The van der Waals surface area contributed by atoms with Crippen LogP contribution in [0.5, 0.6) is 0 Å². The summed E-state index contributed by atoms with van der Waals surface area (Å²) in [7, 11) is 1.10. The minimum absolute atomic E-state index is 0.184. The molecule has 7 heteroatoms. The Morgan fingerprint density at radius 1 is 1.33 bits per heavy atom. The second kappa shape index (κ2) is 4.17. The second-order valence-corrected chi connectivity index (χ2v) is 3.46. The van der Waals surface area contributed by atoms with Crippen LogP contribution in [0.25, 0.3) is 10.9 Å². The van der Waals surface area contributed by atoms with E-state index in [1.54, 1.807) is 0 Å². The molecule has 2 N–H and O–H groups in total. The van der Waals surface area contributed by atoms with Crippen LogP contribution in [-0.4, -0.2) is 18.1 Å². The molecule has 1 aromatic heterocycles. The molecule has 0 radical (unpaired) electrons. The molecule has 94 valence electrons. The van der Waals surface area contributed by atoms with Gasteiger partial charge in [-0.15, -0.1) is 0 Å². The number of ether oxygens (including phenoxy) is 1. The molecule has 0 unspecified atom stereocenters. The Morgan fingerprint density at radius 2 is 2.00 bits per heavy atom. The Hall–Kier alpha value is -2.31. The van der Waals surface area contributed by atoms with E-state index < -0.39 is 28.8 Å². The summed E-state index contributed by atoms with van der Waals surface area (Å²) < 4.78 is 44.1. The number of pyridine rings is 1. The number of carbonyl (C=O) groups excluding carboxylic acids is 1. The fourth-order valence-corrected chi connectivity index (χ4v) is 1.55. The van der Waals surface area contributed by atoms with Crippen molar-refractivity contribution >= 4 is 22.6 Å². The van der Waals surface area contributed by atoms with E-state index in [0.717, 1.165) is 13.3 Å². The number of nitrogen functional groups attached to an aromatic ring is 1. The lowest BCUT2D eigenvalue weighted by Gasteiger charge is -2.08. The van der Waals surface area contributed by atoms with E-state index in [0.29, 0.717) is 6.07 Å². The van der Waals surface area contributed by atoms with Crippen molar-refractivity contribution in [2.75, 3.05) is 12.8 Å². The molecule has 0 fully saturated rings. The molecule has 0 amide bonds. The number of hydrogen-bond donors (Lipinski definition) is 1. The lowest BCUT2D eigenvalue weighted by Crippen LogP contribution is -2.08. The molecule has 0 aliphatic rings. The highest BCUT2D eigenvalue weighted by atomic mass is 19.2. The maximum atomic E-state index is 13.6. The Balaban J connectivity index is 2.86. The van der Waals surface area contributed by atoms with E-state index in [4.69, 9.17) is 5.73 Å². The standard InChI is InChI=1S/C11H7F3N2O2/c1-18-11(17)4-3-16-6-2-5(12)8(13)9(14)7(6)10(4)15/h2-3H,1H3,(H2,15,16). The number of nitrogens with zero attached hydrogens (tertiary/aromatic N) is 1. The van der Waals surface area contributed by atoms with Crippen molar-refractivity contribution in [1.29, 1.82) is 0 Å². The zero-order valence-electron chi connectivity index (χ0n) is 9.13. The molecule has 2 aromatic rings. The SMILES string of the molecule is COC(=O)c1cnc2cc(F)c(F)c(F)c2c1N. The predicted octanol–water partition coefficient (Wildman–Crippen LogP) is 2.02. The molecular weight excluding hydrogens is 249 g/mol. The van der Waals surface area contributed by atoms with Gasteiger partial charge in [0.05, 0.1) is 23.7 Å². The van der Waals surface area contributed by atoms with Gasteiger partial charge in [0.1, 0.15) is 5.56 Å². The topological polar surface area (TPSA) is 65.2 Å². The minimum atomic E-state index is -1.67. The number of aromatic nitrogens is 1. The number of carbonyl (C=O) groups is 1. The van der Waals surface area contributed by atoms with Crippen molar-refractivity contribution in [3.8, 4) is 0 Å². The largest absolute Gasteiger partial charge is 0.465 e. The molecule has 1 aromatic carbocycles. The molecule has 0 saturated heterocycles. The highest BCUT2D eigenvalue weighted by molar-refractivity contribution is 6.04. The van der Waals surface area contributed by atoms with Crippen molar-refractivity contribution < 1.29 is 22.7 Å². The van der Waals surface area contributed by atoms with Gasteiger partial charge >= 0.3 is 5.97 Å². The summed E-state index contributed by atoms with van der Waals surface area (Å²) in [6.07, 6.45) is 1.01. The van der Waals surface area contributed by atoms with Crippen LogP contribution in [0.2, 0.25) is 0 Å². The summed E-state index contributed by atoms with van der Waals surface area (Å²) in [6, 6.07) is 0.700. The Morgan fingerprint density at radius 3 is 2.61 bits per heavy atom. The first-order valence-electron chi connectivity index (χ1n) is 4.77. The monoisotopic (exact) mass is 256 g/mol. The average Bonchev–Trinajstić information content (AvgIpc) is 2.35. The normalized spacial score (nSPS) is 10.7. The van der Waals surface area contributed by atoms with E-state index in [1.165, 1.54) is 0 Å². The van der Waals surface area contributed by atoms with E-state index in [1.807, 2.05) is 0 Å². The molecular formula is C11H7F3N2O2. The number of esters is 1. The number of nitrogens with two attached hydrogens (primary N) is 1. The zero-order valence-corrected chi connectivity index (χ0v) is 9.13. The smallest absolute Gasteiger partial charge is 0.341 e. The average molecular weight is 256 g/mol. The zero-order chi connectivity index (χ0) is 13.4. The highest BCUT2D eigenvalue weighted by Gasteiger charge is 2.20. The van der Waals surface area contributed by atoms with Crippen LogP contribution in [0.15, 0.2) is 12.3 Å². The van der Waals surface area contributed by atoms with Crippen molar-refractivity contribution in [3.63, 3.8) is 0 Å². The Bertz CT molecular complexity index is 659. The summed E-state index contributed by atoms with van der Waals surface area (Å²) in [6.45, 7) is 0.